The summed E-state index contributed by atoms with van der Waals surface area (Å²) in [6.07, 6.45) is 1.65. The summed E-state index contributed by atoms with van der Waals surface area (Å²) >= 11 is 0. The third-order valence-electron chi connectivity index (χ3n) is 3.73. The summed E-state index contributed by atoms with van der Waals surface area (Å²) in [5.74, 6) is -0.673. The number of carbonyl (C=O) groups is 1. The van der Waals surface area contributed by atoms with Gasteiger partial charge in [0.15, 0.2) is 11.2 Å². The molecule has 1 aliphatic rings. The van der Waals surface area contributed by atoms with Gasteiger partial charge in [0, 0.05) is 19.8 Å². The van der Waals surface area contributed by atoms with E-state index >= 15 is 0 Å². The van der Waals surface area contributed by atoms with Crippen molar-refractivity contribution in [3.63, 3.8) is 0 Å². The predicted octanol–water partition coefficient (Wildman–Crippen LogP) is 0.818. The molecule has 112 valence electrons. The Morgan fingerprint density at radius 1 is 1.43 bits per heavy atom. The SMILES string of the molecule is Cc1onc2c(=O)n(CC3CCOCC3)nc(C(=O)O)c12. The molecular formula is C13H15N3O5. The molecule has 0 bridgehead atoms. The van der Waals surface area contributed by atoms with E-state index in [1.807, 2.05) is 0 Å². The molecule has 0 radical (unpaired) electrons. The number of ether oxygens (including phenoxy) is 1. The van der Waals surface area contributed by atoms with Gasteiger partial charge in [-0.3, -0.25) is 4.79 Å². The molecule has 0 amide bonds. The summed E-state index contributed by atoms with van der Waals surface area (Å²) in [6.45, 7) is 3.23. The maximum Gasteiger partial charge on any atom is 0.357 e. The first-order valence-corrected chi connectivity index (χ1v) is 6.76. The fourth-order valence-corrected chi connectivity index (χ4v) is 2.58. The molecule has 1 N–H and O–H groups in total. The molecule has 2 aromatic heterocycles. The Morgan fingerprint density at radius 2 is 2.14 bits per heavy atom. The average Bonchev–Trinajstić information content (AvgIpc) is 2.85. The number of carboxylic acid groups (broad SMARTS) is 1. The molecular weight excluding hydrogens is 278 g/mol. The van der Waals surface area contributed by atoms with Crippen LogP contribution in [0, 0.1) is 12.8 Å². The number of rotatable bonds is 3. The van der Waals surface area contributed by atoms with Crippen LogP contribution in [-0.4, -0.2) is 39.2 Å². The number of hydrogen-bond acceptors (Lipinski definition) is 6. The summed E-state index contributed by atoms with van der Waals surface area (Å²) in [5, 5.41) is 17.1. The Bertz CT molecular complexity index is 742. The van der Waals surface area contributed by atoms with Crippen LogP contribution < -0.4 is 5.56 Å². The van der Waals surface area contributed by atoms with Gasteiger partial charge in [0.2, 0.25) is 0 Å². The van der Waals surface area contributed by atoms with Crippen LogP contribution in [0.4, 0.5) is 0 Å². The number of nitrogens with zero attached hydrogens (tertiary/aromatic N) is 3. The van der Waals surface area contributed by atoms with Gasteiger partial charge < -0.3 is 14.4 Å². The zero-order valence-corrected chi connectivity index (χ0v) is 11.5. The lowest BCUT2D eigenvalue weighted by Crippen LogP contribution is -2.31. The van der Waals surface area contributed by atoms with Crippen LogP contribution in [0.1, 0.15) is 29.1 Å². The van der Waals surface area contributed by atoms with Crippen LogP contribution in [-0.2, 0) is 11.3 Å². The highest BCUT2D eigenvalue weighted by molar-refractivity contribution is 6.00. The van der Waals surface area contributed by atoms with E-state index in [0.717, 1.165) is 12.8 Å². The van der Waals surface area contributed by atoms with Crippen LogP contribution in [0.25, 0.3) is 10.9 Å². The van der Waals surface area contributed by atoms with Crippen LogP contribution in [0.3, 0.4) is 0 Å². The van der Waals surface area contributed by atoms with Gasteiger partial charge in [-0.25, -0.2) is 9.48 Å². The summed E-state index contributed by atoms with van der Waals surface area (Å²) in [5.41, 5.74) is -0.597. The molecule has 0 saturated carbocycles. The summed E-state index contributed by atoms with van der Waals surface area (Å²) < 4.78 is 11.4. The zero-order chi connectivity index (χ0) is 15.0. The van der Waals surface area contributed by atoms with Gasteiger partial charge in [-0.05, 0) is 25.7 Å². The number of fused-ring (bicyclic) bond motifs is 1. The molecule has 3 heterocycles. The summed E-state index contributed by atoms with van der Waals surface area (Å²) in [6, 6.07) is 0. The van der Waals surface area contributed by atoms with E-state index in [1.165, 1.54) is 4.68 Å². The quantitative estimate of drug-likeness (QED) is 0.892. The molecule has 0 atom stereocenters. The van der Waals surface area contributed by atoms with Gasteiger partial charge in [0.1, 0.15) is 5.76 Å². The van der Waals surface area contributed by atoms with Gasteiger partial charge >= 0.3 is 5.97 Å². The summed E-state index contributed by atoms with van der Waals surface area (Å²) in [7, 11) is 0. The van der Waals surface area contributed by atoms with Crippen molar-refractivity contribution >= 4 is 16.9 Å². The molecule has 0 aliphatic carbocycles. The smallest absolute Gasteiger partial charge is 0.357 e. The molecule has 0 aromatic carbocycles. The maximum atomic E-state index is 12.3. The van der Waals surface area contributed by atoms with Gasteiger partial charge in [-0.2, -0.15) is 5.10 Å². The predicted molar refractivity (Wildman–Crippen MR) is 71.3 cm³/mol. The molecule has 0 unspecified atom stereocenters. The molecule has 1 fully saturated rings. The largest absolute Gasteiger partial charge is 0.476 e. The minimum absolute atomic E-state index is 0.0203. The lowest BCUT2D eigenvalue weighted by Gasteiger charge is -2.22. The minimum Gasteiger partial charge on any atom is -0.476 e. The van der Waals surface area contributed by atoms with E-state index in [4.69, 9.17) is 9.26 Å². The Morgan fingerprint density at radius 3 is 2.81 bits per heavy atom. The number of aromatic carboxylic acids is 1. The fourth-order valence-electron chi connectivity index (χ4n) is 2.58. The van der Waals surface area contributed by atoms with Crippen molar-refractivity contribution in [2.75, 3.05) is 13.2 Å². The summed E-state index contributed by atoms with van der Waals surface area (Å²) in [4.78, 5) is 23.7. The van der Waals surface area contributed by atoms with Crippen molar-refractivity contribution < 1.29 is 19.2 Å². The topological polar surface area (TPSA) is 107 Å². The molecule has 0 spiro atoms. The van der Waals surface area contributed by atoms with Crippen LogP contribution in [0.15, 0.2) is 9.32 Å². The Kier molecular flexibility index (Phi) is 3.46. The number of carboxylic acids is 1. The van der Waals surface area contributed by atoms with E-state index in [0.29, 0.717) is 19.8 Å². The fraction of sp³-hybridized carbons (Fsp3) is 0.538. The Labute approximate surface area is 119 Å². The highest BCUT2D eigenvalue weighted by atomic mass is 16.5. The van der Waals surface area contributed by atoms with Crippen molar-refractivity contribution in [2.24, 2.45) is 5.92 Å². The molecule has 1 saturated heterocycles. The Balaban J connectivity index is 2.08. The number of aromatic nitrogens is 3. The van der Waals surface area contributed by atoms with E-state index in [-0.39, 0.29) is 28.3 Å². The van der Waals surface area contributed by atoms with Gasteiger partial charge in [-0.15, -0.1) is 0 Å². The molecule has 2 aromatic rings. The molecule has 21 heavy (non-hydrogen) atoms. The van der Waals surface area contributed by atoms with Crippen LogP contribution >= 0.6 is 0 Å². The second-order valence-electron chi connectivity index (χ2n) is 5.16. The molecule has 1 aliphatic heterocycles. The first-order chi connectivity index (χ1) is 10.1. The van der Waals surface area contributed by atoms with E-state index in [9.17, 15) is 14.7 Å². The van der Waals surface area contributed by atoms with Crippen LogP contribution in [0.5, 0.6) is 0 Å². The third kappa shape index (κ3) is 2.42. The highest BCUT2D eigenvalue weighted by Crippen LogP contribution is 2.19. The van der Waals surface area contributed by atoms with Gasteiger partial charge in [0.25, 0.3) is 5.56 Å². The second kappa shape index (κ2) is 5.28. The molecule has 3 rings (SSSR count). The van der Waals surface area contributed by atoms with Gasteiger partial charge in [-0.1, -0.05) is 5.16 Å². The third-order valence-corrected chi connectivity index (χ3v) is 3.73. The van der Waals surface area contributed by atoms with Crippen molar-refractivity contribution in [1.82, 2.24) is 14.9 Å². The zero-order valence-electron chi connectivity index (χ0n) is 11.5. The lowest BCUT2D eigenvalue weighted by molar-refractivity contribution is 0.0590. The number of aryl methyl sites for hydroxylation is 1. The second-order valence-corrected chi connectivity index (χ2v) is 5.16. The monoisotopic (exact) mass is 293 g/mol. The average molecular weight is 293 g/mol. The van der Waals surface area contributed by atoms with Crippen molar-refractivity contribution in [3.05, 3.63) is 21.8 Å². The standard InChI is InChI=1S/C13H15N3O5/c1-7-9-10(15-21-7)12(17)16(14-11(9)13(18)19)6-8-2-4-20-5-3-8/h8H,2-6H2,1H3,(H,18,19). The normalized spacial score (nSPS) is 16.4. The minimum atomic E-state index is -1.20. The Hall–Kier alpha value is -2.22. The van der Waals surface area contributed by atoms with E-state index in [2.05, 4.69) is 10.3 Å². The first-order valence-electron chi connectivity index (χ1n) is 6.76. The lowest BCUT2D eigenvalue weighted by atomic mass is 10.0. The first kappa shape index (κ1) is 13.7. The number of hydrogen-bond donors (Lipinski definition) is 1. The van der Waals surface area contributed by atoms with Crippen molar-refractivity contribution in [3.8, 4) is 0 Å². The van der Waals surface area contributed by atoms with Crippen molar-refractivity contribution in [2.45, 2.75) is 26.3 Å². The van der Waals surface area contributed by atoms with Crippen molar-refractivity contribution in [1.29, 1.82) is 0 Å². The molecule has 8 heteroatoms. The van der Waals surface area contributed by atoms with Crippen LogP contribution in [0.2, 0.25) is 0 Å². The molecule has 8 nitrogen and oxygen atoms in total. The van der Waals surface area contributed by atoms with E-state index < -0.39 is 11.5 Å². The van der Waals surface area contributed by atoms with Gasteiger partial charge in [0.05, 0.1) is 5.39 Å². The van der Waals surface area contributed by atoms with E-state index in [1.54, 1.807) is 6.92 Å². The maximum absolute atomic E-state index is 12.3. The highest BCUT2D eigenvalue weighted by Gasteiger charge is 2.23.